The van der Waals surface area contributed by atoms with Crippen molar-refractivity contribution in [1.82, 2.24) is 0 Å². The van der Waals surface area contributed by atoms with Gasteiger partial charge in [0.25, 0.3) is 5.69 Å². The number of hydrogen-bond donors (Lipinski definition) is 2. The highest BCUT2D eigenvalue weighted by Gasteiger charge is 2.18. The second-order valence-corrected chi connectivity index (χ2v) is 2.88. The van der Waals surface area contributed by atoms with Gasteiger partial charge >= 0.3 is 0 Å². The summed E-state index contributed by atoms with van der Waals surface area (Å²) >= 11 is 0. The fourth-order valence-corrected chi connectivity index (χ4v) is 1.09. The molecular formula is C9H10ClFN2O3. The average molecular weight is 249 g/mol. The van der Waals surface area contributed by atoms with Gasteiger partial charge in [0.15, 0.2) is 11.6 Å². The van der Waals surface area contributed by atoms with Crippen LogP contribution in [0.15, 0.2) is 24.8 Å². The van der Waals surface area contributed by atoms with Crippen LogP contribution < -0.4 is 5.73 Å². The van der Waals surface area contributed by atoms with E-state index in [4.69, 9.17) is 5.73 Å². The third-order valence-electron chi connectivity index (χ3n) is 1.90. The zero-order valence-electron chi connectivity index (χ0n) is 8.09. The first-order valence-corrected chi connectivity index (χ1v) is 4.02. The molecule has 0 bridgehead atoms. The predicted octanol–water partition coefficient (Wildman–Crippen LogP) is 2.05. The molecule has 0 heterocycles. The van der Waals surface area contributed by atoms with E-state index in [0.29, 0.717) is 6.07 Å². The van der Waals surface area contributed by atoms with Gasteiger partial charge in [0.1, 0.15) is 0 Å². The van der Waals surface area contributed by atoms with Crippen molar-refractivity contribution in [2.75, 3.05) is 0 Å². The molecule has 0 unspecified atom stereocenters. The lowest BCUT2D eigenvalue weighted by atomic mass is 10.1. The van der Waals surface area contributed by atoms with Gasteiger partial charge in [-0.15, -0.1) is 19.0 Å². The molecule has 1 aromatic carbocycles. The van der Waals surface area contributed by atoms with Gasteiger partial charge in [-0.1, -0.05) is 6.08 Å². The monoisotopic (exact) mass is 248 g/mol. The van der Waals surface area contributed by atoms with Crippen molar-refractivity contribution in [3.63, 3.8) is 0 Å². The molecule has 0 aliphatic carbocycles. The summed E-state index contributed by atoms with van der Waals surface area (Å²) in [6.07, 6.45) is 1.25. The molecule has 0 aliphatic heterocycles. The smallest absolute Gasteiger partial charge is 0.272 e. The van der Waals surface area contributed by atoms with Crippen molar-refractivity contribution < 1.29 is 14.4 Å². The van der Waals surface area contributed by atoms with Crippen LogP contribution in [-0.2, 0) is 0 Å². The fourth-order valence-electron chi connectivity index (χ4n) is 1.09. The molecule has 16 heavy (non-hydrogen) atoms. The highest BCUT2D eigenvalue weighted by molar-refractivity contribution is 5.85. The summed E-state index contributed by atoms with van der Waals surface area (Å²) in [5.41, 5.74) is 4.95. The molecule has 0 aromatic heterocycles. The van der Waals surface area contributed by atoms with E-state index in [2.05, 4.69) is 6.58 Å². The summed E-state index contributed by atoms with van der Waals surface area (Å²) in [4.78, 5) is 9.66. The normalized spacial score (nSPS) is 11.4. The molecule has 0 saturated carbocycles. The lowest BCUT2D eigenvalue weighted by Crippen LogP contribution is -2.08. The number of rotatable bonds is 3. The van der Waals surface area contributed by atoms with Gasteiger partial charge < -0.3 is 10.8 Å². The van der Waals surface area contributed by atoms with Crippen LogP contribution in [0.25, 0.3) is 0 Å². The quantitative estimate of drug-likeness (QED) is 0.487. The highest BCUT2D eigenvalue weighted by Crippen LogP contribution is 2.30. The van der Waals surface area contributed by atoms with E-state index < -0.39 is 28.2 Å². The van der Waals surface area contributed by atoms with Crippen molar-refractivity contribution in [3.8, 4) is 5.75 Å². The summed E-state index contributed by atoms with van der Waals surface area (Å²) in [5, 5.41) is 19.7. The largest absolute Gasteiger partial charge is 0.505 e. The molecule has 1 aromatic rings. The molecule has 5 nitrogen and oxygen atoms in total. The Bertz CT molecular complexity index is 425. The van der Waals surface area contributed by atoms with E-state index in [-0.39, 0.29) is 18.0 Å². The Hall–Kier alpha value is -1.66. The number of nitro benzene ring substituents is 1. The van der Waals surface area contributed by atoms with Crippen LogP contribution in [0.4, 0.5) is 10.1 Å². The van der Waals surface area contributed by atoms with Gasteiger partial charge in [0, 0.05) is 11.6 Å². The van der Waals surface area contributed by atoms with E-state index >= 15 is 0 Å². The average Bonchev–Trinajstić information content (AvgIpc) is 2.20. The fraction of sp³-hybridized carbons (Fsp3) is 0.111. The van der Waals surface area contributed by atoms with E-state index in [1.165, 1.54) is 6.08 Å². The van der Waals surface area contributed by atoms with Gasteiger partial charge in [-0.05, 0) is 0 Å². The molecule has 1 atom stereocenters. The summed E-state index contributed by atoms with van der Waals surface area (Å²) in [6.45, 7) is 3.35. The zero-order chi connectivity index (χ0) is 11.6. The second-order valence-electron chi connectivity index (χ2n) is 2.88. The number of benzene rings is 1. The zero-order valence-corrected chi connectivity index (χ0v) is 8.91. The van der Waals surface area contributed by atoms with Gasteiger partial charge in [0.2, 0.25) is 0 Å². The lowest BCUT2D eigenvalue weighted by Gasteiger charge is -2.09. The summed E-state index contributed by atoms with van der Waals surface area (Å²) in [5.74, 6) is -1.76. The van der Waals surface area contributed by atoms with Gasteiger partial charge in [-0.3, -0.25) is 10.1 Å². The lowest BCUT2D eigenvalue weighted by molar-refractivity contribution is -0.385. The van der Waals surface area contributed by atoms with Gasteiger partial charge in [-0.2, -0.15) is 0 Å². The predicted molar refractivity (Wildman–Crippen MR) is 59.1 cm³/mol. The number of nitrogens with zero attached hydrogens (tertiary/aromatic N) is 1. The molecule has 1 rings (SSSR count). The number of hydrogen-bond acceptors (Lipinski definition) is 4. The van der Waals surface area contributed by atoms with Crippen molar-refractivity contribution in [1.29, 1.82) is 0 Å². The minimum Gasteiger partial charge on any atom is -0.505 e. The Morgan fingerprint density at radius 2 is 2.19 bits per heavy atom. The molecular weight excluding hydrogens is 239 g/mol. The number of halogens is 2. The van der Waals surface area contributed by atoms with E-state index in [1.807, 2.05) is 0 Å². The summed E-state index contributed by atoms with van der Waals surface area (Å²) in [6, 6.07) is 0.804. The highest BCUT2D eigenvalue weighted by atomic mass is 35.5. The Balaban J connectivity index is 0.00000225. The number of non-ortho nitro benzene ring substituents is 1. The van der Waals surface area contributed by atoms with E-state index in [9.17, 15) is 19.6 Å². The SMILES string of the molecule is C=C[C@@H](N)c1cc([N+](=O)[O-])cc(F)c1O.Cl. The summed E-state index contributed by atoms with van der Waals surface area (Å²) < 4.78 is 13.1. The molecule has 7 heteroatoms. The molecule has 0 spiro atoms. The molecule has 0 radical (unpaired) electrons. The van der Waals surface area contributed by atoms with E-state index in [1.54, 1.807) is 0 Å². The Kier molecular flexibility index (Phi) is 4.87. The van der Waals surface area contributed by atoms with Crippen LogP contribution in [0.1, 0.15) is 11.6 Å². The molecule has 0 amide bonds. The Morgan fingerprint density at radius 3 is 2.62 bits per heavy atom. The van der Waals surface area contributed by atoms with Crippen LogP contribution in [0.2, 0.25) is 0 Å². The minimum absolute atomic E-state index is 0. The van der Waals surface area contributed by atoms with Crippen molar-refractivity contribution >= 4 is 18.1 Å². The minimum atomic E-state index is -1.07. The molecule has 3 N–H and O–H groups in total. The van der Waals surface area contributed by atoms with Crippen LogP contribution >= 0.6 is 12.4 Å². The maximum Gasteiger partial charge on any atom is 0.272 e. The van der Waals surface area contributed by atoms with Crippen molar-refractivity contribution in [3.05, 3.63) is 46.3 Å². The number of nitrogens with two attached hydrogens (primary N) is 1. The van der Waals surface area contributed by atoms with E-state index in [0.717, 1.165) is 6.07 Å². The maximum absolute atomic E-state index is 13.1. The number of nitro groups is 1. The number of phenolic OH excluding ortho intramolecular Hbond substituents is 1. The first kappa shape index (κ1) is 14.3. The Morgan fingerprint density at radius 1 is 1.62 bits per heavy atom. The van der Waals surface area contributed by atoms with Crippen LogP contribution in [0.3, 0.4) is 0 Å². The van der Waals surface area contributed by atoms with Crippen molar-refractivity contribution in [2.45, 2.75) is 6.04 Å². The first-order chi connectivity index (χ1) is 6.97. The summed E-state index contributed by atoms with van der Waals surface area (Å²) in [7, 11) is 0. The third kappa shape index (κ3) is 2.68. The standard InChI is InChI=1S/C9H9FN2O3.ClH/c1-2-8(11)6-3-5(12(14)15)4-7(10)9(6)13;/h2-4,8,13H,1,11H2;1H/t8-;/m1./s1. The van der Waals surface area contributed by atoms with Crippen LogP contribution in [-0.4, -0.2) is 10.0 Å². The topological polar surface area (TPSA) is 89.4 Å². The molecule has 0 saturated heterocycles. The number of phenols is 1. The molecule has 88 valence electrons. The van der Waals surface area contributed by atoms with Gasteiger partial charge in [0.05, 0.1) is 17.0 Å². The third-order valence-corrected chi connectivity index (χ3v) is 1.90. The van der Waals surface area contributed by atoms with Gasteiger partial charge in [-0.25, -0.2) is 4.39 Å². The Labute approximate surface area is 96.9 Å². The van der Waals surface area contributed by atoms with Crippen molar-refractivity contribution in [2.24, 2.45) is 5.73 Å². The number of aromatic hydroxyl groups is 1. The molecule has 0 fully saturated rings. The second kappa shape index (κ2) is 5.43. The molecule has 0 aliphatic rings. The maximum atomic E-state index is 13.1. The van der Waals surface area contributed by atoms with Crippen LogP contribution in [0, 0.1) is 15.9 Å². The van der Waals surface area contributed by atoms with Crippen LogP contribution in [0.5, 0.6) is 5.75 Å². The first-order valence-electron chi connectivity index (χ1n) is 4.02.